The first-order chi connectivity index (χ1) is 13.7. The summed E-state index contributed by atoms with van der Waals surface area (Å²) in [6.45, 7) is 2.37. The van der Waals surface area contributed by atoms with Gasteiger partial charge in [-0.1, -0.05) is 48.5 Å². The fourth-order valence-electron chi connectivity index (χ4n) is 2.99. The number of nitrogens with zero attached hydrogens (tertiary/aromatic N) is 1. The molecule has 0 bridgehead atoms. The van der Waals surface area contributed by atoms with E-state index >= 15 is 0 Å². The summed E-state index contributed by atoms with van der Waals surface area (Å²) in [5.74, 6) is 1.22. The van der Waals surface area contributed by atoms with Gasteiger partial charge in [-0.05, 0) is 42.8 Å². The number of para-hydroxylation sites is 2. The Morgan fingerprint density at radius 2 is 1.82 bits per heavy atom. The summed E-state index contributed by atoms with van der Waals surface area (Å²) >= 11 is 0. The Morgan fingerprint density at radius 3 is 2.64 bits per heavy atom. The summed E-state index contributed by atoms with van der Waals surface area (Å²) in [7, 11) is 0. The van der Waals surface area contributed by atoms with Crippen LogP contribution in [0.25, 0.3) is 11.0 Å². The highest BCUT2D eigenvalue weighted by molar-refractivity contribution is 5.94. The molecule has 2 N–H and O–H groups in total. The quantitative estimate of drug-likeness (QED) is 0.519. The number of hydrogen-bond acceptors (Lipinski definition) is 3. The van der Waals surface area contributed by atoms with Crippen LogP contribution in [0, 0.1) is 0 Å². The van der Waals surface area contributed by atoms with E-state index in [2.05, 4.69) is 15.3 Å². The molecule has 1 aromatic heterocycles. The van der Waals surface area contributed by atoms with Crippen LogP contribution in [0.15, 0.2) is 78.9 Å². The second-order valence-corrected chi connectivity index (χ2v) is 6.64. The Hall–Kier alpha value is -3.60. The third kappa shape index (κ3) is 4.04. The summed E-state index contributed by atoms with van der Waals surface area (Å²) in [5, 5.41) is 2.99. The minimum absolute atomic E-state index is 0.168. The van der Waals surface area contributed by atoms with Gasteiger partial charge in [0, 0.05) is 5.56 Å². The lowest BCUT2D eigenvalue weighted by Crippen LogP contribution is -2.27. The Bertz CT molecular complexity index is 1060. The van der Waals surface area contributed by atoms with Gasteiger partial charge in [0.25, 0.3) is 5.91 Å². The van der Waals surface area contributed by atoms with E-state index in [1.807, 2.05) is 73.7 Å². The van der Waals surface area contributed by atoms with Gasteiger partial charge < -0.3 is 15.0 Å². The van der Waals surface area contributed by atoms with E-state index in [9.17, 15) is 4.79 Å². The average molecular weight is 371 g/mol. The number of carbonyl (C=O) groups is 1. The number of aromatic nitrogens is 2. The van der Waals surface area contributed by atoms with Crippen molar-refractivity contribution in [3.63, 3.8) is 0 Å². The zero-order chi connectivity index (χ0) is 19.3. The maximum Gasteiger partial charge on any atom is 0.251 e. The SMILES string of the molecule is CC(NC(=O)c1cccc(OCc2ccccc2)c1)c1nc2ccccc2[nH]1. The van der Waals surface area contributed by atoms with Crippen LogP contribution in [-0.2, 0) is 6.61 Å². The van der Waals surface area contributed by atoms with Crippen molar-refractivity contribution in [2.45, 2.75) is 19.6 Å². The molecular formula is C23H21N3O2. The van der Waals surface area contributed by atoms with E-state index in [1.54, 1.807) is 12.1 Å². The molecule has 1 atom stereocenters. The van der Waals surface area contributed by atoms with E-state index in [0.717, 1.165) is 22.4 Å². The third-order valence-electron chi connectivity index (χ3n) is 4.51. The molecule has 3 aromatic carbocycles. The summed E-state index contributed by atoms with van der Waals surface area (Å²) in [5.41, 5.74) is 3.47. The zero-order valence-electron chi connectivity index (χ0n) is 15.6. The molecule has 0 fully saturated rings. The van der Waals surface area contributed by atoms with Crippen molar-refractivity contribution < 1.29 is 9.53 Å². The number of fused-ring (bicyclic) bond motifs is 1. The minimum Gasteiger partial charge on any atom is -0.489 e. The monoisotopic (exact) mass is 371 g/mol. The number of amides is 1. The van der Waals surface area contributed by atoms with Gasteiger partial charge in [0.2, 0.25) is 0 Å². The molecular weight excluding hydrogens is 350 g/mol. The van der Waals surface area contributed by atoms with Gasteiger partial charge >= 0.3 is 0 Å². The van der Waals surface area contributed by atoms with E-state index < -0.39 is 0 Å². The van der Waals surface area contributed by atoms with Crippen LogP contribution >= 0.6 is 0 Å². The van der Waals surface area contributed by atoms with Gasteiger partial charge in [0.15, 0.2) is 0 Å². The lowest BCUT2D eigenvalue weighted by atomic mass is 10.2. The molecule has 28 heavy (non-hydrogen) atoms. The number of hydrogen-bond donors (Lipinski definition) is 2. The number of carbonyl (C=O) groups excluding carboxylic acids is 1. The average Bonchev–Trinajstić information content (AvgIpc) is 3.18. The van der Waals surface area contributed by atoms with Crippen LogP contribution in [0.4, 0.5) is 0 Å². The molecule has 0 radical (unpaired) electrons. The van der Waals surface area contributed by atoms with Gasteiger partial charge in [-0.3, -0.25) is 4.79 Å². The minimum atomic E-state index is -0.242. The maximum absolute atomic E-state index is 12.7. The standard InChI is InChI=1S/C23H21N3O2/c1-16(22-25-20-12-5-6-13-21(20)26-22)24-23(27)18-10-7-11-19(14-18)28-15-17-8-3-2-4-9-17/h2-14,16H,15H2,1H3,(H,24,27)(H,25,26). The second kappa shape index (κ2) is 7.96. The molecule has 0 aliphatic carbocycles. The molecule has 4 aromatic rings. The molecule has 1 heterocycles. The molecule has 1 unspecified atom stereocenters. The summed E-state index contributed by atoms with van der Waals surface area (Å²) in [6, 6.07) is 24.7. The number of imidazole rings is 1. The lowest BCUT2D eigenvalue weighted by molar-refractivity contribution is 0.0938. The summed E-state index contributed by atoms with van der Waals surface area (Å²) in [4.78, 5) is 20.5. The Morgan fingerprint density at radius 1 is 1.04 bits per heavy atom. The van der Waals surface area contributed by atoms with Crippen molar-refractivity contribution in [3.05, 3.63) is 95.8 Å². The van der Waals surface area contributed by atoms with Crippen LogP contribution in [0.5, 0.6) is 5.75 Å². The first kappa shape index (κ1) is 17.8. The third-order valence-corrected chi connectivity index (χ3v) is 4.51. The largest absolute Gasteiger partial charge is 0.489 e. The van der Waals surface area contributed by atoms with E-state index in [4.69, 9.17) is 4.74 Å². The van der Waals surface area contributed by atoms with E-state index in [-0.39, 0.29) is 11.9 Å². The topological polar surface area (TPSA) is 67.0 Å². The molecule has 5 heteroatoms. The van der Waals surface area contributed by atoms with Gasteiger partial charge in [-0.15, -0.1) is 0 Å². The molecule has 1 amide bonds. The number of H-pyrrole nitrogens is 1. The lowest BCUT2D eigenvalue weighted by Gasteiger charge is -2.12. The highest BCUT2D eigenvalue weighted by Crippen LogP contribution is 2.18. The Kier molecular flexibility index (Phi) is 5.06. The van der Waals surface area contributed by atoms with Crippen molar-refractivity contribution in [2.75, 3.05) is 0 Å². The predicted octanol–water partition coefficient (Wildman–Crippen LogP) is 4.63. The first-order valence-corrected chi connectivity index (χ1v) is 9.21. The number of rotatable bonds is 6. The maximum atomic E-state index is 12.7. The molecule has 5 nitrogen and oxygen atoms in total. The number of ether oxygens (including phenoxy) is 1. The number of aromatic amines is 1. The van der Waals surface area contributed by atoms with Gasteiger partial charge in [-0.25, -0.2) is 4.98 Å². The fourth-order valence-corrected chi connectivity index (χ4v) is 2.99. The van der Waals surface area contributed by atoms with Gasteiger partial charge in [0.1, 0.15) is 18.2 Å². The molecule has 4 rings (SSSR count). The van der Waals surface area contributed by atoms with Gasteiger partial charge in [-0.2, -0.15) is 0 Å². The predicted molar refractivity (Wildman–Crippen MR) is 109 cm³/mol. The van der Waals surface area contributed by atoms with Crippen molar-refractivity contribution >= 4 is 16.9 Å². The van der Waals surface area contributed by atoms with Crippen molar-refractivity contribution in [1.29, 1.82) is 0 Å². The molecule has 0 aliphatic rings. The van der Waals surface area contributed by atoms with Crippen LogP contribution in [0.2, 0.25) is 0 Å². The van der Waals surface area contributed by atoms with Crippen LogP contribution in [-0.4, -0.2) is 15.9 Å². The summed E-state index contributed by atoms with van der Waals surface area (Å²) in [6.07, 6.45) is 0. The Balaban J connectivity index is 1.42. The fraction of sp³-hybridized carbons (Fsp3) is 0.130. The van der Waals surface area contributed by atoms with E-state index in [1.165, 1.54) is 0 Å². The van der Waals surface area contributed by atoms with Crippen molar-refractivity contribution in [3.8, 4) is 5.75 Å². The van der Waals surface area contributed by atoms with Crippen molar-refractivity contribution in [2.24, 2.45) is 0 Å². The second-order valence-electron chi connectivity index (χ2n) is 6.64. The van der Waals surface area contributed by atoms with Crippen LogP contribution < -0.4 is 10.1 Å². The summed E-state index contributed by atoms with van der Waals surface area (Å²) < 4.78 is 5.81. The van der Waals surface area contributed by atoms with Crippen LogP contribution in [0.1, 0.15) is 34.7 Å². The normalized spacial score (nSPS) is 11.9. The smallest absolute Gasteiger partial charge is 0.251 e. The first-order valence-electron chi connectivity index (χ1n) is 9.21. The molecule has 0 saturated heterocycles. The van der Waals surface area contributed by atoms with Gasteiger partial charge in [0.05, 0.1) is 17.1 Å². The Labute approximate surface area is 163 Å². The van der Waals surface area contributed by atoms with Crippen LogP contribution in [0.3, 0.4) is 0 Å². The molecule has 0 spiro atoms. The number of nitrogens with one attached hydrogen (secondary N) is 2. The molecule has 140 valence electrons. The van der Waals surface area contributed by atoms with E-state index in [0.29, 0.717) is 17.9 Å². The zero-order valence-corrected chi connectivity index (χ0v) is 15.6. The molecule has 0 aliphatic heterocycles. The highest BCUT2D eigenvalue weighted by atomic mass is 16.5. The highest BCUT2D eigenvalue weighted by Gasteiger charge is 2.15. The molecule has 0 saturated carbocycles. The van der Waals surface area contributed by atoms with Crippen molar-refractivity contribution in [1.82, 2.24) is 15.3 Å². The number of benzene rings is 3.